The Kier molecular flexibility index (Phi) is 2.80. The highest BCUT2D eigenvalue weighted by Gasteiger charge is 2.17. The zero-order chi connectivity index (χ0) is 9.84. The van der Waals surface area contributed by atoms with E-state index in [1.807, 2.05) is 0 Å². The highest BCUT2D eigenvalue weighted by Crippen LogP contribution is 2.03. The molecule has 0 radical (unpaired) electrons. The third-order valence-electron chi connectivity index (χ3n) is 1.38. The van der Waals surface area contributed by atoms with E-state index in [2.05, 4.69) is 20.3 Å². The fourth-order valence-corrected chi connectivity index (χ4v) is 0.691. The van der Waals surface area contributed by atoms with E-state index in [-0.39, 0.29) is 24.2 Å². The summed E-state index contributed by atoms with van der Waals surface area (Å²) in [6.45, 7) is 1.48. The molecule has 7 nitrogen and oxygen atoms in total. The van der Waals surface area contributed by atoms with E-state index in [1.165, 1.54) is 0 Å². The third kappa shape index (κ3) is 2.15. The first-order valence-corrected chi connectivity index (χ1v) is 3.65. The molecule has 7 heteroatoms. The number of carbonyl (C=O) groups excluding carboxylic acids is 1. The molecule has 0 aliphatic rings. The van der Waals surface area contributed by atoms with Gasteiger partial charge in [-0.25, -0.2) is 4.63 Å². The van der Waals surface area contributed by atoms with Gasteiger partial charge in [0.1, 0.15) is 0 Å². The maximum atomic E-state index is 11.2. The van der Waals surface area contributed by atoms with Gasteiger partial charge in [0.25, 0.3) is 5.91 Å². The molecule has 13 heavy (non-hydrogen) atoms. The van der Waals surface area contributed by atoms with Crippen LogP contribution in [0.15, 0.2) is 4.63 Å². The minimum absolute atomic E-state index is 0.0670. The minimum Gasteiger partial charge on any atom is -0.394 e. The van der Waals surface area contributed by atoms with Crippen molar-refractivity contribution in [2.24, 2.45) is 0 Å². The molecule has 0 fully saturated rings. The normalized spacial score (nSPS) is 12.5. The number of aromatic nitrogens is 2. The van der Waals surface area contributed by atoms with Crippen LogP contribution in [-0.4, -0.2) is 34.0 Å². The van der Waals surface area contributed by atoms with Gasteiger partial charge in [0.2, 0.25) is 11.5 Å². The largest absolute Gasteiger partial charge is 0.394 e. The smallest absolute Gasteiger partial charge is 0.277 e. The summed E-state index contributed by atoms with van der Waals surface area (Å²) >= 11 is 0. The minimum atomic E-state index is -0.514. The van der Waals surface area contributed by atoms with Crippen molar-refractivity contribution in [1.29, 1.82) is 0 Å². The van der Waals surface area contributed by atoms with Crippen LogP contribution in [0.1, 0.15) is 17.4 Å². The molecule has 0 bridgehead atoms. The van der Waals surface area contributed by atoms with Gasteiger partial charge in [-0.3, -0.25) is 4.79 Å². The first kappa shape index (κ1) is 9.46. The van der Waals surface area contributed by atoms with Crippen LogP contribution in [0, 0.1) is 0 Å². The maximum Gasteiger partial charge on any atom is 0.277 e. The monoisotopic (exact) mass is 186 g/mol. The van der Waals surface area contributed by atoms with Crippen LogP contribution < -0.4 is 11.1 Å². The lowest BCUT2D eigenvalue weighted by atomic mass is 10.3. The molecule has 72 valence electrons. The van der Waals surface area contributed by atoms with E-state index >= 15 is 0 Å². The third-order valence-corrected chi connectivity index (χ3v) is 1.38. The van der Waals surface area contributed by atoms with Crippen LogP contribution in [0.4, 0.5) is 5.82 Å². The molecular weight excluding hydrogens is 176 g/mol. The van der Waals surface area contributed by atoms with Gasteiger partial charge >= 0.3 is 0 Å². The maximum absolute atomic E-state index is 11.2. The Morgan fingerprint density at radius 1 is 1.77 bits per heavy atom. The van der Waals surface area contributed by atoms with Gasteiger partial charge in [0.05, 0.1) is 6.61 Å². The molecule has 1 aromatic rings. The lowest BCUT2D eigenvalue weighted by molar-refractivity contribution is 0.0913. The Morgan fingerprint density at radius 2 is 2.46 bits per heavy atom. The van der Waals surface area contributed by atoms with Crippen LogP contribution in [-0.2, 0) is 0 Å². The summed E-state index contributed by atoms with van der Waals surface area (Å²) in [6, 6.07) is -0.358. The van der Waals surface area contributed by atoms with Gasteiger partial charge in [-0.2, -0.15) is 0 Å². The molecule has 4 N–H and O–H groups in total. The van der Waals surface area contributed by atoms with Crippen molar-refractivity contribution < 1.29 is 14.5 Å². The molecule has 1 aromatic heterocycles. The fraction of sp³-hybridized carbons (Fsp3) is 0.500. The zero-order valence-electron chi connectivity index (χ0n) is 7.02. The molecule has 1 rings (SSSR count). The number of nitrogens with zero attached hydrogens (tertiary/aromatic N) is 2. The van der Waals surface area contributed by atoms with Gasteiger partial charge < -0.3 is 16.2 Å². The van der Waals surface area contributed by atoms with E-state index in [0.717, 1.165) is 0 Å². The van der Waals surface area contributed by atoms with Crippen LogP contribution >= 0.6 is 0 Å². The number of aliphatic hydroxyl groups is 1. The molecule has 1 amide bonds. The summed E-state index contributed by atoms with van der Waals surface area (Å²) < 4.78 is 4.23. The first-order chi connectivity index (χ1) is 6.15. The van der Waals surface area contributed by atoms with E-state index < -0.39 is 5.91 Å². The predicted molar refractivity (Wildman–Crippen MR) is 42.7 cm³/mol. The van der Waals surface area contributed by atoms with Crippen LogP contribution in [0.5, 0.6) is 0 Å². The number of amides is 1. The van der Waals surface area contributed by atoms with E-state index in [4.69, 9.17) is 10.8 Å². The average Bonchev–Trinajstić information content (AvgIpc) is 2.51. The van der Waals surface area contributed by atoms with Crippen LogP contribution in [0.25, 0.3) is 0 Å². The van der Waals surface area contributed by atoms with Gasteiger partial charge in [-0.15, -0.1) is 0 Å². The number of nitrogens with one attached hydrogen (secondary N) is 1. The second kappa shape index (κ2) is 3.85. The molecule has 0 saturated heterocycles. The highest BCUT2D eigenvalue weighted by atomic mass is 16.6. The lowest BCUT2D eigenvalue weighted by Gasteiger charge is -2.08. The highest BCUT2D eigenvalue weighted by molar-refractivity contribution is 5.96. The Bertz CT molecular complexity index is 298. The quantitative estimate of drug-likeness (QED) is 0.544. The first-order valence-electron chi connectivity index (χ1n) is 3.65. The number of anilines is 1. The molecule has 0 saturated carbocycles. The number of nitrogens with two attached hydrogens (primary N) is 1. The van der Waals surface area contributed by atoms with E-state index in [1.54, 1.807) is 6.92 Å². The molecule has 0 aromatic carbocycles. The SMILES string of the molecule is C[C@@H](CO)NC(=O)c1nonc1N. The van der Waals surface area contributed by atoms with Crippen molar-refractivity contribution >= 4 is 11.7 Å². The van der Waals surface area contributed by atoms with Crippen molar-refractivity contribution in [2.75, 3.05) is 12.3 Å². The molecule has 1 heterocycles. The number of rotatable bonds is 3. The van der Waals surface area contributed by atoms with Crippen molar-refractivity contribution in [2.45, 2.75) is 13.0 Å². The van der Waals surface area contributed by atoms with Crippen molar-refractivity contribution in [3.63, 3.8) is 0 Å². The van der Waals surface area contributed by atoms with E-state index in [9.17, 15) is 4.79 Å². The summed E-state index contributed by atoms with van der Waals surface area (Å²) in [5.41, 5.74) is 5.20. The number of nitrogen functional groups attached to an aromatic ring is 1. The van der Waals surface area contributed by atoms with Crippen LogP contribution in [0.3, 0.4) is 0 Å². The molecule has 0 aliphatic carbocycles. The summed E-state index contributed by atoms with van der Waals surface area (Å²) in [6.07, 6.45) is 0. The van der Waals surface area contributed by atoms with E-state index in [0.29, 0.717) is 0 Å². The Morgan fingerprint density at radius 3 is 2.92 bits per heavy atom. The lowest BCUT2D eigenvalue weighted by Crippen LogP contribution is -2.35. The van der Waals surface area contributed by atoms with Gasteiger partial charge in [0.15, 0.2) is 0 Å². The summed E-state index contributed by atoms with van der Waals surface area (Å²) in [5, 5.41) is 17.6. The van der Waals surface area contributed by atoms with Crippen LogP contribution in [0.2, 0.25) is 0 Å². The zero-order valence-corrected chi connectivity index (χ0v) is 7.02. The molecule has 0 unspecified atom stereocenters. The second-order valence-electron chi connectivity index (χ2n) is 2.56. The van der Waals surface area contributed by atoms with Gasteiger partial charge in [-0.05, 0) is 17.2 Å². The van der Waals surface area contributed by atoms with Crippen molar-refractivity contribution in [1.82, 2.24) is 15.6 Å². The molecule has 1 atom stereocenters. The topological polar surface area (TPSA) is 114 Å². The summed E-state index contributed by atoms with van der Waals surface area (Å²) in [7, 11) is 0. The fourth-order valence-electron chi connectivity index (χ4n) is 0.691. The standard InChI is InChI=1S/C6H10N4O3/c1-3(2-11)8-6(12)4-5(7)10-13-9-4/h3,11H,2H2,1H3,(H2,7,10)(H,8,12)/t3-/m0/s1. The molecular formula is C6H10N4O3. The Labute approximate surface area is 73.9 Å². The predicted octanol–water partition coefficient (Wildman–Crippen LogP) is -1.24. The summed E-state index contributed by atoms with van der Waals surface area (Å²) in [5.74, 6) is -0.581. The molecule has 0 spiro atoms. The van der Waals surface area contributed by atoms with Crippen molar-refractivity contribution in [3.05, 3.63) is 5.69 Å². The number of hydrogen-bond acceptors (Lipinski definition) is 6. The number of aliphatic hydroxyl groups excluding tert-OH is 1. The Hall–Kier alpha value is -1.63. The average molecular weight is 186 g/mol. The second-order valence-corrected chi connectivity index (χ2v) is 2.56. The van der Waals surface area contributed by atoms with Gasteiger partial charge in [0, 0.05) is 6.04 Å². The number of hydrogen-bond donors (Lipinski definition) is 3. The summed E-state index contributed by atoms with van der Waals surface area (Å²) in [4.78, 5) is 11.2. The van der Waals surface area contributed by atoms with Gasteiger partial charge in [-0.1, -0.05) is 0 Å². The molecule has 0 aliphatic heterocycles. The Balaban J connectivity index is 2.64. The number of carbonyl (C=O) groups is 1. The van der Waals surface area contributed by atoms with Crippen molar-refractivity contribution in [3.8, 4) is 0 Å².